The normalized spacial score (nSPS) is 21.9. The summed E-state index contributed by atoms with van der Waals surface area (Å²) in [4.78, 5) is 36.3. The second-order valence-corrected chi connectivity index (χ2v) is 10.7. The van der Waals surface area contributed by atoms with Crippen LogP contribution in [-0.2, 0) is 4.79 Å². The number of amides is 2. The molecule has 2 saturated heterocycles. The summed E-state index contributed by atoms with van der Waals surface area (Å²) >= 11 is 0. The summed E-state index contributed by atoms with van der Waals surface area (Å²) in [6, 6.07) is 8.45. The highest BCUT2D eigenvalue weighted by molar-refractivity contribution is 5.98. The van der Waals surface area contributed by atoms with Crippen LogP contribution in [0.2, 0.25) is 0 Å². The summed E-state index contributed by atoms with van der Waals surface area (Å²) in [5, 5.41) is 1.01. The van der Waals surface area contributed by atoms with Gasteiger partial charge >= 0.3 is 0 Å². The Morgan fingerprint density at radius 2 is 1.63 bits per heavy atom. The molecular formula is C28H40N4O3. The molecule has 7 heteroatoms. The number of methoxy groups -OCH3 is 1. The predicted octanol–water partition coefficient (Wildman–Crippen LogP) is 4.14. The first-order chi connectivity index (χ1) is 17.0. The molecule has 3 fully saturated rings. The first-order valence-corrected chi connectivity index (χ1v) is 13.5. The summed E-state index contributed by atoms with van der Waals surface area (Å²) < 4.78 is 5.29. The summed E-state index contributed by atoms with van der Waals surface area (Å²) in [6.45, 7) is 7.27. The van der Waals surface area contributed by atoms with Crippen LogP contribution in [0.1, 0.15) is 62.4 Å². The molecule has 0 radical (unpaired) electrons. The van der Waals surface area contributed by atoms with Gasteiger partial charge in [-0.3, -0.25) is 14.5 Å². The molecule has 7 nitrogen and oxygen atoms in total. The fraction of sp³-hybridized carbons (Fsp3) is 0.643. The van der Waals surface area contributed by atoms with E-state index in [1.807, 2.05) is 29.2 Å². The van der Waals surface area contributed by atoms with E-state index in [2.05, 4.69) is 21.7 Å². The minimum atomic E-state index is 0.0222. The highest BCUT2D eigenvalue weighted by Gasteiger charge is 2.34. The molecule has 3 heterocycles. The second-order valence-electron chi connectivity index (χ2n) is 10.7. The average Bonchev–Trinajstić information content (AvgIpc) is 3.36. The van der Waals surface area contributed by atoms with E-state index in [1.165, 1.54) is 32.1 Å². The van der Waals surface area contributed by atoms with Crippen molar-refractivity contribution >= 4 is 22.7 Å². The molecule has 2 aromatic rings. The molecule has 190 valence electrons. The summed E-state index contributed by atoms with van der Waals surface area (Å²) in [6.07, 6.45) is 8.52. The number of hydrogen-bond donors (Lipinski definition) is 1. The first-order valence-electron chi connectivity index (χ1n) is 13.5. The third-order valence-corrected chi connectivity index (χ3v) is 8.70. The Balaban J connectivity index is 1.11. The van der Waals surface area contributed by atoms with Crippen LogP contribution in [-0.4, -0.2) is 83.9 Å². The number of nitrogens with one attached hydrogen (secondary N) is 1. The molecule has 5 rings (SSSR count). The van der Waals surface area contributed by atoms with Crippen molar-refractivity contribution in [2.45, 2.75) is 57.9 Å². The molecule has 3 aliphatic rings. The van der Waals surface area contributed by atoms with Gasteiger partial charge in [0, 0.05) is 68.2 Å². The van der Waals surface area contributed by atoms with Gasteiger partial charge in [0.05, 0.1) is 7.11 Å². The molecule has 1 aromatic heterocycles. The zero-order chi connectivity index (χ0) is 24.4. The van der Waals surface area contributed by atoms with E-state index in [4.69, 9.17) is 4.74 Å². The quantitative estimate of drug-likeness (QED) is 0.698. The van der Waals surface area contributed by atoms with Crippen LogP contribution in [0, 0.1) is 11.8 Å². The number of hydrogen-bond acceptors (Lipinski definition) is 4. The van der Waals surface area contributed by atoms with Crippen LogP contribution in [0.3, 0.4) is 0 Å². The molecule has 0 bridgehead atoms. The molecule has 2 aliphatic heterocycles. The third-order valence-electron chi connectivity index (χ3n) is 8.70. The zero-order valence-electron chi connectivity index (χ0n) is 21.3. The van der Waals surface area contributed by atoms with Gasteiger partial charge in [0.2, 0.25) is 5.91 Å². The van der Waals surface area contributed by atoms with Gasteiger partial charge < -0.3 is 19.5 Å². The van der Waals surface area contributed by atoms with Crippen LogP contribution in [0.5, 0.6) is 5.75 Å². The standard InChI is InChI=1S/C28H40N4O3/c1-20(27(33)32-16-14-30(15-17-32)23-6-4-3-5-7-23)21-10-12-31(13-11-21)28(34)26-18-22-8-9-24(35-2)19-25(22)29-26/h8-9,18-21,23,29H,3-7,10-17H2,1-2H3/t20-/m1/s1. The molecule has 35 heavy (non-hydrogen) atoms. The van der Waals surface area contributed by atoms with E-state index in [0.29, 0.717) is 30.6 Å². The SMILES string of the molecule is COc1ccc2cc(C(=O)N3CCC([C@@H](C)C(=O)N4CCN(C5CCCCC5)CC4)CC3)[nH]c2c1. The van der Waals surface area contributed by atoms with Gasteiger partial charge in [-0.25, -0.2) is 0 Å². The van der Waals surface area contributed by atoms with E-state index in [-0.39, 0.29) is 11.8 Å². The van der Waals surface area contributed by atoms with Gasteiger partial charge in [0.1, 0.15) is 11.4 Å². The van der Waals surface area contributed by atoms with Gasteiger partial charge in [-0.05, 0) is 49.8 Å². The van der Waals surface area contributed by atoms with Gasteiger partial charge in [-0.15, -0.1) is 0 Å². The third kappa shape index (κ3) is 5.20. The number of piperidine rings is 1. The van der Waals surface area contributed by atoms with Crippen molar-refractivity contribution in [2.24, 2.45) is 11.8 Å². The van der Waals surface area contributed by atoms with Crippen molar-refractivity contribution in [2.75, 3.05) is 46.4 Å². The van der Waals surface area contributed by atoms with E-state index >= 15 is 0 Å². The second kappa shape index (κ2) is 10.6. The van der Waals surface area contributed by atoms with Crippen LogP contribution in [0.4, 0.5) is 0 Å². The fourth-order valence-electron chi connectivity index (χ4n) is 6.36. The molecule has 0 unspecified atom stereocenters. The van der Waals surface area contributed by atoms with Gasteiger partial charge in [-0.1, -0.05) is 26.2 Å². The highest BCUT2D eigenvalue weighted by Crippen LogP contribution is 2.29. The van der Waals surface area contributed by atoms with E-state index in [0.717, 1.165) is 61.7 Å². The maximum atomic E-state index is 13.3. The molecular weight excluding hydrogens is 440 g/mol. The Morgan fingerprint density at radius 1 is 0.914 bits per heavy atom. The molecule has 0 spiro atoms. The average molecular weight is 481 g/mol. The smallest absolute Gasteiger partial charge is 0.270 e. The Labute approximate surface area is 208 Å². The number of aromatic amines is 1. The lowest BCUT2D eigenvalue weighted by Gasteiger charge is -2.42. The van der Waals surface area contributed by atoms with Crippen LogP contribution in [0.15, 0.2) is 24.3 Å². The van der Waals surface area contributed by atoms with Crippen molar-refractivity contribution in [3.05, 3.63) is 30.0 Å². The van der Waals surface area contributed by atoms with Crippen LogP contribution >= 0.6 is 0 Å². The summed E-state index contributed by atoms with van der Waals surface area (Å²) in [5.41, 5.74) is 1.53. The fourth-order valence-corrected chi connectivity index (χ4v) is 6.36. The highest BCUT2D eigenvalue weighted by atomic mass is 16.5. The lowest BCUT2D eigenvalue weighted by molar-refractivity contribution is -0.139. The number of H-pyrrole nitrogens is 1. The number of ether oxygens (including phenoxy) is 1. The number of rotatable bonds is 5. The molecule has 1 N–H and O–H groups in total. The van der Waals surface area contributed by atoms with E-state index < -0.39 is 0 Å². The molecule has 1 aliphatic carbocycles. The number of carbonyl (C=O) groups excluding carboxylic acids is 2. The lowest BCUT2D eigenvalue weighted by atomic mass is 9.84. The topological polar surface area (TPSA) is 68.9 Å². The van der Waals surface area contributed by atoms with Crippen molar-refractivity contribution in [3.63, 3.8) is 0 Å². The number of nitrogens with zero attached hydrogens (tertiary/aromatic N) is 3. The Bertz CT molecular complexity index is 1030. The summed E-state index contributed by atoms with van der Waals surface area (Å²) in [7, 11) is 1.64. The van der Waals surface area contributed by atoms with Crippen LogP contribution in [0.25, 0.3) is 10.9 Å². The molecule has 1 atom stereocenters. The largest absolute Gasteiger partial charge is 0.497 e. The molecule has 1 saturated carbocycles. The van der Waals surface area contributed by atoms with E-state index in [1.54, 1.807) is 7.11 Å². The van der Waals surface area contributed by atoms with Gasteiger partial charge in [0.15, 0.2) is 0 Å². The van der Waals surface area contributed by atoms with Gasteiger partial charge in [-0.2, -0.15) is 0 Å². The van der Waals surface area contributed by atoms with Crippen molar-refractivity contribution in [1.82, 2.24) is 19.7 Å². The van der Waals surface area contributed by atoms with Crippen LogP contribution < -0.4 is 4.74 Å². The Morgan fingerprint density at radius 3 is 2.31 bits per heavy atom. The number of aromatic nitrogens is 1. The number of piperazine rings is 1. The predicted molar refractivity (Wildman–Crippen MR) is 138 cm³/mol. The van der Waals surface area contributed by atoms with Crippen molar-refractivity contribution in [3.8, 4) is 5.75 Å². The maximum Gasteiger partial charge on any atom is 0.270 e. The van der Waals surface area contributed by atoms with Gasteiger partial charge in [0.25, 0.3) is 5.91 Å². The minimum Gasteiger partial charge on any atom is -0.497 e. The maximum absolute atomic E-state index is 13.3. The lowest BCUT2D eigenvalue weighted by Crippen LogP contribution is -2.54. The Hall–Kier alpha value is -2.54. The minimum absolute atomic E-state index is 0.0222. The van der Waals surface area contributed by atoms with E-state index in [9.17, 15) is 9.59 Å². The molecule has 1 aromatic carbocycles. The number of fused-ring (bicyclic) bond motifs is 1. The number of likely N-dealkylation sites (tertiary alicyclic amines) is 1. The number of benzene rings is 1. The summed E-state index contributed by atoms with van der Waals surface area (Å²) in [5.74, 6) is 1.48. The monoisotopic (exact) mass is 480 g/mol. The molecule has 2 amide bonds. The Kier molecular flexibility index (Phi) is 7.32. The zero-order valence-corrected chi connectivity index (χ0v) is 21.3. The first kappa shape index (κ1) is 24.2. The van der Waals surface area contributed by atoms with Crippen molar-refractivity contribution in [1.29, 1.82) is 0 Å². The van der Waals surface area contributed by atoms with Crippen molar-refractivity contribution < 1.29 is 14.3 Å². The number of carbonyl (C=O) groups is 2.